The Morgan fingerprint density at radius 1 is 0.919 bits per heavy atom. The summed E-state index contributed by atoms with van der Waals surface area (Å²) in [5, 5.41) is 3.31. The van der Waals surface area contributed by atoms with Crippen LogP contribution in [-0.4, -0.2) is 51.0 Å². The molecule has 0 aliphatic carbocycles. The Morgan fingerprint density at radius 3 is 2.22 bits per heavy atom. The zero-order valence-electron chi connectivity index (χ0n) is 20.8. The Balaban J connectivity index is 2.04. The summed E-state index contributed by atoms with van der Waals surface area (Å²) >= 11 is 12.3. The highest BCUT2D eigenvalue weighted by atomic mass is 35.5. The summed E-state index contributed by atoms with van der Waals surface area (Å²) in [4.78, 5) is 28.3. The van der Waals surface area contributed by atoms with Gasteiger partial charge in [-0.25, -0.2) is 8.42 Å². The molecule has 0 radical (unpaired) electrons. The molecular formula is C27H29Cl2N3O4S. The molecule has 0 bridgehead atoms. The van der Waals surface area contributed by atoms with Gasteiger partial charge in [-0.3, -0.25) is 13.9 Å². The molecule has 3 rings (SSSR count). The summed E-state index contributed by atoms with van der Waals surface area (Å²) in [5.41, 5.74) is 2.70. The minimum absolute atomic E-state index is 0.0199. The lowest BCUT2D eigenvalue weighted by atomic mass is 10.0. The molecule has 0 saturated carbocycles. The van der Waals surface area contributed by atoms with Gasteiger partial charge in [0.15, 0.2) is 0 Å². The summed E-state index contributed by atoms with van der Waals surface area (Å²) in [6, 6.07) is 20.2. The Hall–Kier alpha value is -3.07. The fourth-order valence-electron chi connectivity index (χ4n) is 3.95. The number of hydrogen-bond acceptors (Lipinski definition) is 4. The van der Waals surface area contributed by atoms with Crippen molar-refractivity contribution in [2.24, 2.45) is 0 Å². The van der Waals surface area contributed by atoms with Crippen molar-refractivity contribution in [2.75, 3.05) is 24.2 Å². The molecule has 10 heteroatoms. The van der Waals surface area contributed by atoms with Gasteiger partial charge in [-0.2, -0.15) is 0 Å². The van der Waals surface area contributed by atoms with Gasteiger partial charge in [0.05, 0.1) is 22.0 Å². The number of rotatable bonds is 10. The fourth-order valence-corrected chi connectivity index (χ4v) is 5.11. The van der Waals surface area contributed by atoms with Crippen LogP contribution < -0.4 is 9.62 Å². The van der Waals surface area contributed by atoms with Gasteiger partial charge < -0.3 is 10.2 Å². The van der Waals surface area contributed by atoms with E-state index in [4.69, 9.17) is 23.2 Å². The van der Waals surface area contributed by atoms with Crippen LogP contribution >= 0.6 is 23.2 Å². The van der Waals surface area contributed by atoms with E-state index in [9.17, 15) is 18.0 Å². The predicted molar refractivity (Wildman–Crippen MR) is 148 cm³/mol. The second-order valence-corrected chi connectivity index (χ2v) is 11.4. The molecular weight excluding hydrogens is 533 g/mol. The van der Waals surface area contributed by atoms with Gasteiger partial charge in [0, 0.05) is 20.0 Å². The van der Waals surface area contributed by atoms with Crippen LogP contribution in [0.1, 0.15) is 16.7 Å². The molecule has 7 nitrogen and oxygen atoms in total. The number of sulfonamides is 1. The maximum atomic E-state index is 13.8. The largest absolute Gasteiger partial charge is 0.357 e. The van der Waals surface area contributed by atoms with Gasteiger partial charge in [0.2, 0.25) is 21.8 Å². The zero-order valence-corrected chi connectivity index (χ0v) is 23.1. The van der Waals surface area contributed by atoms with E-state index in [-0.39, 0.29) is 18.9 Å². The second-order valence-electron chi connectivity index (χ2n) is 8.70. The standard InChI is InChI=1S/C27H29Cl2N3O4S/c1-19-8-7-11-22(14-19)32(37(3,35)36)18-26(33)31(17-21-12-13-23(28)24(29)15-21)25(27(34)30-2)16-20-9-5-4-6-10-20/h4-15,25H,16-18H2,1-3H3,(H,30,34)/t25-/m1/s1. The first-order valence-electron chi connectivity index (χ1n) is 11.5. The van der Waals surface area contributed by atoms with E-state index in [0.717, 1.165) is 21.7 Å². The lowest BCUT2D eigenvalue weighted by Crippen LogP contribution is -2.52. The molecule has 196 valence electrons. The van der Waals surface area contributed by atoms with E-state index in [2.05, 4.69) is 5.32 Å². The maximum Gasteiger partial charge on any atom is 0.244 e. The average molecular weight is 563 g/mol. The van der Waals surface area contributed by atoms with Gasteiger partial charge in [-0.1, -0.05) is 71.7 Å². The molecule has 37 heavy (non-hydrogen) atoms. The smallest absolute Gasteiger partial charge is 0.244 e. The number of nitrogens with zero attached hydrogens (tertiary/aromatic N) is 2. The highest BCUT2D eigenvalue weighted by Crippen LogP contribution is 2.25. The number of aryl methyl sites for hydroxylation is 1. The maximum absolute atomic E-state index is 13.8. The first-order chi connectivity index (χ1) is 17.5. The van der Waals surface area contributed by atoms with Crippen molar-refractivity contribution in [3.05, 3.63) is 99.5 Å². The molecule has 0 saturated heterocycles. The third kappa shape index (κ3) is 7.71. The molecule has 0 heterocycles. The van der Waals surface area contributed by atoms with Crippen molar-refractivity contribution >= 4 is 50.7 Å². The molecule has 0 spiro atoms. The first kappa shape index (κ1) is 28.5. The quantitative estimate of drug-likeness (QED) is 0.396. The molecule has 0 aliphatic rings. The number of likely N-dealkylation sites (N-methyl/N-ethyl adjacent to an activating group) is 1. The molecule has 1 atom stereocenters. The van der Waals surface area contributed by atoms with Crippen LogP contribution in [0.2, 0.25) is 10.0 Å². The van der Waals surface area contributed by atoms with Crippen LogP contribution in [0.15, 0.2) is 72.8 Å². The average Bonchev–Trinajstić information content (AvgIpc) is 2.86. The fraction of sp³-hybridized carbons (Fsp3) is 0.259. The molecule has 0 unspecified atom stereocenters. The third-order valence-corrected chi connectivity index (χ3v) is 7.70. The summed E-state index contributed by atoms with van der Waals surface area (Å²) in [5.74, 6) is -0.916. The Morgan fingerprint density at radius 2 is 1.62 bits per heavy atom. The molecule has 0 aliphatic heterocycles. The van der Waals surface area contributed by atoms with E-state index in [1.54, 1.807) is 36.4 Å². The van der Waals surface area contributed by atoms with Crippen molar-refractivity contribution in [3.8, 4) is 0 Å². The summed E-state index contributed by atoms with van der Waals surface area (Å²) < 4.78 is 26.5. The Kier molecular flexibility index (Phi) is 9.59. The lowest BCUT2D eigenvalue weighted by molar-refractivity contribution is -0.139. The molecule has 1 N–H and O–H groups in total. The number of nitrogens with one attached hydrogen (secondary N) is 1. The third-order valence-electron chi connectivity index (χ3n) is 5.82. The van der Waals surface area contributed by atoms with Crippen LogP contribution in [-0.2, 0) is 32.6 Å². The summed E-state index contributed by atoms with van der Waals surface area (Å²) in [7, 11) is -2.31. The lowest BCUT2D eigenvalue weighted by Gasteiger charge is -2.33. The SMILES string of the molecule is CNC(=O)[C@@H](Cc1ccccc1)N(Cc1ccc(Cl)c(Cl)c1)C(=O)CN(c1cccc(C)c1)S(C)(=O)=O. The Labute approximate surface area is 228 Å². The van der Waals surface area contributed by atoms with Gasteiger partial charge in [0.1, 0.15) is 12.6 Å². The monoisotopic (exact) mass is 561 g/mol. The second kappa shape index (κ2) is 12.4. The van der Waals surface area contributed by atoms with Crippen LogP contribution in [0.4, 0.5) is 5.69 Å². The van der Waals surface area contributed by atoms with Crippen LogP contribution in [0.25, 0.3) is 0 Å². The van der Waals surface area contributed by atoms with Crippen LogP contribution in [0.5, 0.6) is 0 Å². The predicted octanol–water partition coefficient (Wildman–Crippen LogP) is 4.45. The highest BCUT2D eigenvalue weighted by Gasteiger charge is 2.32. The number of carbonyl (C=O) groups is 2. The van der Waals surface area contributed by atoms with E-state index in [1.807, 2.05) is 43.3 Å². The number of amides is 2. The van der Waals surface area contributed by atoms with Crippen molar-refractivity contribution < 1.29 is 18.0 Å². The van der Waals surface area contributed by atoms with Crippen molar-refractivity contribution in [1.29, 1.82) is 0 Å². The van der Waals surface area contributed by atoms with E-state index >= 15 is 0 Å². The van der Waals surface area contributed by atoms with Crippen molar-refractivity contribution in [1.82, 2.24) is 10.2 Å². The number of carbonyl (C=O) groups excluding carboxylic acids is 2. The summed E-state index contributed by atoms with van der Waals surface area (Å²) in [6.45, 7) is 1.38. The van der Waals surface area contributed by atoms with Crippen molar-refractivity contribution in [3.63, 3.8) is 0 Å². The van der Waals surface area contributed by atoms with Crippen LogP contribution in [0.3, 0.4) is 0 Å². The molecule has 0 aromatic heterocycles. The van der Waals surface area contributed by atoms with Gasteiger partial charge >= 0.3 is 0 Å². The van der Waals surface area contributed by atoms with E-state index < -0.39 is 28.5 Å². The number of halogens is 2. The normalized spacial score (nSPS) is 12.0. The first-order valence-corrected chi connectivity index (χ1v) is 14.1. The minimum Gasteiger partial charge on any atom is -0.357 e. The number of anilines is 1. The van der Waals surface area contributed by atoms with Gasteiger partial charge in [0.25, 0.3) is 0 Å². The molecule has 0 fully saturated rings. The van der Waals surface area contributed by atoms with Gasteiger partial charge in [-0.05, 0) is 47.9 Å². The Bertz CT molecular complexity index is 1370. The van der Waals surface area contributed by atoms with Gasteiger partial charge in [-0.15, -0.1) is 0 Å². The van der Waals surface area contributed by atoms with E-state index in [1.165, 1.54) is 11.9 Å². The van der Waals surface area contributed by atoms with Crippen LogP contribution in [0, 0.1) is 6.92 Å². The zero-order chi connectivity index (χ0) is 27.2. The molecule has 3 aromatic carbocycles. The number of benzene rings is 3. The molecule has 3 aromatic rings. The topological polar surface area (TPSA) is 86.8 Å². The highest BCUT2D eigenvalue weighted by molar-refractivity contribution is 7.92. The number of hydrogen-bond donors (Lipinski definition) is 1. The molecule has 2 amide bonds. The minimum atomic E-state index is -3.81. The summed E-state index contributed by atoms with van der Waals surface area (Å²) in [6.07, 6.45) is 1.28. The van der Waals surface area contributed by atoms with E-state index in [0.29, 0.717) is 21.3 Å². The van der Waals surface area contributed by atoms with Crippen molar-refractivity contribution in [2.45, 2.75) is 25.9 Å².